The summed E-state index contributed by atoms with van der Waals surface area (Å²) in [5.74, 6) is -0.868. The zero-order valence-corrected chi connectivity index (χ0v) is 12.5. The quantitative estimate of drug-likeness (QED) is 0.794. The summed E-state index contributed by atoms with van der Waals surface area (Å²) in [6.45, 7) is 1.86. The summed E-state index contributed by atoms with van der Waals surface area (Å²) in [6.07, 6.45) is -4.54. The summed E-state index contributed by atoms with van der Waals surface area (Å²) in [4.78, 5) is 15.6. The van der Waals surface area contributed by atoms with Gasteiger partial charge in [-0.05, 0) is 25.1 Å². The molecular weight excluding hydrogens is 319 g/mol. The number of methoxy groups -OCH3 is 1. The summed E-state index contributed by atoms with van der Waals surface area (Å²) < 4.78 is 48.5. The Bertz CT molecular complexity index is 682. The highest BCUT2D eigenvalue weighted by Crippen LogP contribution is 2.39. The zero-order chi connectivity index (χ0) is 16.3. The number of ether oxygens (including phenoxy) is 2. The fourth-order valence-corrected chi connectivity index (χ4v) is 2.55. The molecule has 1 aromatic carbocycles. The predicted molar refractivity (Wildman–Crippen MR) is 75.1 cm³/mol. The van der Waals surface area contributed by atoms with Crippen LogP contribution in [0.25, 0.3) is 10.6 Å². The molecule has 0 radical (unpaired) electrons. The van der Waals surface area contributed by atoms with Crippen molar-refractivity contribution in [2.24, 2.45) is 0 Å². The Kier molecular flexibility index (Phi) is 4.70. The minimum absolute atomic E-state index is 0.0752. The van der Waals surface area contributed by atoms with Crippen molar-refractivity contribution in [3.63, 3.8) is 0 Å². The van der Waals surface area contributed by atoms with Crippen molar-refractivity contribution in [2.75, 3.05) is 13.7 Å². The van der Waals surface area contributed by atoms with Crippen LogP contribution in [0.5, 0.6) is 5.75 Å². The number of rotatable bonds is 4. The van der Waals surface area contributed by atoms with Gasteiger partial charge in [0, 0.05) is 10.9 Å². The van der Waals surface area contributed by atoms with Crippen LogP contribution in [0.4, 0.5) is 13.2 Å². The number of nitrogens with zero attached hydrogens (tertiary/aromatic N) is 1. The standard InChI is InChI=1S/C14H12F3NO3S/c1-3-21-13(19)10-7-22-12(18-10)8-4-5-11(20-2)9(6-8)14(15,16)17/h4-7H,3H2,1-2H3. The predicted octanol–water partition coefficient (Wildman–Crippen LogP) is 4.01. The summed E-state index contributed by atoms with van der Waals surface area (Å²) >= 11 is 1.07. The van der Waals surface area contributed by atoms with Crippen LogP contribution in [0, 0.1) is 0 Å². The number of aromatic nitrogens is 1. The van der Waals surface area contributed by atoms with Crippen molar-refractivity contribution in [3.8, 4) is 16.3 Å². The number of esters is 1. The molecule has 0 fully saturated rings. The van der Waals surface area contributed by atoms with E-state index in [0.29, 0.717) is 5.01 Å². The van der Waals surface area contributed by atoms with Gasteiger partial charge in [-0.2, -0.15) is 13.2 Å². The van der Waals surface area contributed by atoms with Crippen LogP contribution in [-0.4, -0.2) is 24.7 Å². The van der Waals surface area contributed by atoms with Crippen molar-refractivity contribution >= 4 is 17.3 Å². The fourth-order valence-electron chi connectivity index (χ4n) is 1.77. The topological polar surface area (TPSA) is 48.4 Å². The van der Waals surface area contributed by atoms with Crippen LogP contribution in [0.1, 0.15) is 23.0 Å². The Labute approximate surface area is 128 Å². The third kappa shape index (κ3) is 3.38. The number of hydrogen-bond acceptors (Lipinski definition) is 5. The molecule has 0 spiro atoms. The monoisotopic (exact) mass is 331 g/mol. The first kappa shape index (κ1) is 16.3. The maximum atomic E-state index is 13.0. The first-order valence-electron chi connectivity index (χ1n) is 6.25. The van der Waals surface area contributed by atoms with E-state index in [1.165, 1.54) is 24.6 Å². The van der Waals surface area contributed by atoms with Crippen molar-refractivity contribution < 1.29 is 27.4 Å². The van der Waals surface area contributed by atoms with Crippen LogP contribution in [0.3, 0.4) is 0 Å². The van der Waals surface area contributed by atoms with Crippen molar-refractivity contribution in [1.29, 1.82) is 0 Å². The molecule has 0 N–H and O–H groups in total. The van der Waals surface area contributed by atoms with E-state index in [-0.39, 0.29) is 23.6 Å². The lowest BCUT2D eigenvalue weighted by Crippen LogP contribution is -2.07. The third-order valence-electron chi connectivity index (χ3n) is 2.74. The lowest BCUT2D eigenvalue weighted by Gasteiger charge is -2.12. The van der Waals surface area contributed by atoms with Gasteiger partial charge in [0.2, 0.25) is 0 Å². The average molecular weight is 331 g/mol. The van der Waals surface area contributed by atoms with E-state index in [0.717, 1.165) is 17.4 Å². The molecule has 22 heavy (non-hydrogen) atoms. The Morgan fingerprint density at radius 2 is 2.09 bits per heavy atom. The first-order chi connectivity index (χ1) is 10.4. The van der Waals surface area contributed by atoms with Crippen LogP contribution in [-0.2, 0) is 10.9 Å². The summed E-state index contributed by atoms with van der Waals surface area (Å²) in [5, 5.41) is 1.75. The Morgan fingerprint density at radius 1 is 1.36 bits per heavy atom. The third-order valence-corrected chi connectivity index (χ3v) is 3.63. The minimum atomic E-state index is -4.54. The minimum Gasteiger partial charge on any atom is -0.496 e. The second kappa shape index (κ2) is 6.35. The molecule has 0 amide bonds. The summed E-state index contributed by atoms with van der Waals surface area (Å²) in [6, 6.07) is 3.64. The van der Waals surface area contributed by atoms with Crippen LogP contribution in [0.2, 0.25) is 0 Å². The number of carbonyl (C=O) groups excluding carboxylic acids is 1. The number of hydrogen-bond donors (Lipinski definition) is 0. The van der Waals surface area contributed by atoms with Gasteiger partial charge in [0.15, 0.2) is 5.69 Å². The fraction of sp³-hybridized carbons (Fsp3) is 0.286. The lowest BCUT2D eigenvalue weighted by molar-refractivity contribution is -0.138. The van der Waals surface area contributed by atoms with Gasteiger partial charge in [0.25, 0.3) is 0 Å². The van der Waals surface area contributed by atoms with Gasteiger partial charge in [-0.3, -0.25) is 0 Å². The zero-order valence-electron chi connectivity index (χ0n) is 11.7. The SMILES string of the molecule is CCOC(=O)c1csc(-c2ccc(OC)c(C(F)(F)F)c2)n1. The van der Waals surface area contributed by atoms with Crippen molar-refractivity contribution in [2.45, 2.75) is 13.1 Å². The molecule has 0 aliphatic heterocycles. The Balaban J connectivity index is 2.39. The molecule has 1 heterocycles. The van der Waals surface area contributed by atoms with Crippen LogP contribution >= 0.6 is 11.3 Å². The molecule has 118 valence electrons. The Morgan fingerprint density at radius 3 is 2.68 bits per heavy atom. The van der Waals surface area contributed by atoms with Gasteiger partial charge in [-0.25, -0.2) is 9.78 Å². The molecule has 1 aromatic heterocycles. The highest BCUT2D eigenvalue weighted by Gasteiger charge is 2.34. The van der Waals surface area contributed by atoms with Crippen molar-refractivity contribution in [1.82, 2.24) is 4.98 Å². The normalized spacial score (nSPS) is 11.3. The average Bonchev–Trinajstić information content (AvgIpc) is 2.96. The van der Waals surface area contributed by atoms with E-state index < -0.39 is 17.7 Å². The molecule has 0 aliphatic rings. The lowest BCUT2D eigenvalue weighted by atomic mass is 10.1. The van der Waals surface area contributed by atoms with Crippen molar-refractivity contribution in [3.05, 3.63) is 34.8 Å². The smallest absolute Gasteiger partial charge is 0.419 e. The molecule has 0 unspecified atom stereocenters. The molecule has 8 heteroatoms. The van der Waals surface area contributed by atoms with Gasteiger partial charge in [0.05, 0.1) is 19.3 Å². The van der Waals surface area contributed by atoms with Gasteiger partial charge >= 0.3 is 12.1 Å². The Hall–Kier alpha value is -2.09. The molecule has 2 rings (SSSR count). The van der Waals surface area contributed by atoms with E-state index in [9.17, 15) is 18.0 Å². The summed E-state index contributed by atoms with van der Waals surface area (Å²) in [5.41, 5.74) is -0.555. The molecule has 0 saturated carbocycles. The van der Waals surface area contributed by atoms with E-state index in [4.69, 9.17) is 9.47 Å². The van der Waals surface area contributed by atoms with E-state index >= 15 is 0 Å². The van der Waals surface area contributed by atoms with Crippen LogP contribution < -0.4 is 4.74 Å². The van der Waals surface area contributed by atoms with Crippen LogP contribution in [0.15, 0.2) is 23.6 Å². The molecule has 0 saturated heterocycles. The molecule has 0 atom stereocenters. The first-order valence-corrected chi connectivity index (χ1v) is 7.13. The largest absolute Gasteiger partial charge is 0.496 e. The maximum Gasteiger partial charge on any atom is 0.419 e. The van der Waals surface area contributed by atoms with E-state index in [1.807, 2.05) is 0 Å². The second-order valence-electron chi connectivity index (χ2n) is 4.17. The van der Waals surface area contributed by atoms with Gasteiger partial charge < -0.3 is 9.47 Å². The molecule has 4 nitrogen and oxygen atoms in total. The van der Waals surface area contributed by atoms with Gasteiger partial charge in [-0.1, -0.05) is 0 Å². The number of benzene rings is 1. The van der Waals surface area contributed by atoms with E-state index in [2.05, 4.69) is 4.98 Å². The number of carbonyl (C=O) groups is 1. The molecule has 0 bridgehead atoms. The van der Waals surface area contributed by atoms with E-state index in [1.54, 1.807) is 6.92 Å². The summed E-state index contributed by atoms with van der Waals surface area (Å²) in [7, 11) is 1.17. The van der Waals surface area contributed by atoms with Gasteiger partial charge in [-0.15, -0.1) is 11.3 Å². The highest BCUT2D eigenvalue weighted by atomic mass is 32.1. The molecule has 2 aromatic rings. The molecule has 0 aliphatic carbocycles. The molecular formula is C14H12F3NO3S. The maximum absolute atomic E-state index is 13.0. The van der Waals surface area contributed by atoms with Gasteiger partial charge in [0.1, 0.15) is 10.8 Å². The number of alkyl halides is 3. The number of thiazole rings is 1. The highest BCUT2D eigenvalue weighted by molar-refractivity contribution is 7.13. The second-order valence-corrected chi connectivity index (χ2v) is 5.03. The number of halogens is 3.